The molecule has 202 valence electrons. The zero-order valence-electron chi connectivity index (χ0n) is 21.3. The molecule has 10 heteroatoms. The summed E-state index contributed by atoms with van der Waals surface area (Å²) in [6, 6.07) is 13.5. The lowest BCUT2D eigenvalue weighted by Crippen LogP contribution is -2.52. The Morgan fingerprint density at radius 3 is 2.22 bits per heavy atom. The van der Waals surface area contributed by atoms with Crippen LogP contribution in [0, 0.1) is 0 Å². The monoisotopic (exact) mass is 520 g/mol. The summed E-state index contributed by atoms with van der Waals surface area (Å²) in [7, 11) is 0. The van der Waals surface area contributed by atoms with Crippen LogP contribution in [-0.2, 0) is 0 Å². The number of urea groups is 1. The molecule has 2 aromatic rings. The van der Waals surface area contributed by atoms with E-state index in [1.165, 1.54) is 24.3 Å². The van der Waals surface area contributed by atoms with Crippen molar-refractivity contribution in [1.82, 2.24) is 10.2 Å². The summed E-state index contributed by atoms with van der Waals surface area (Å²) in [5, 5.41) is 5.67. The number of halogens is 3. The highest BCUT2D eigenvalue weighted by Gasteiger charge is 2.31. The molecule has 2 amide bonds. The number of ether oxygens (including phenoxy) is 2. The largest absolute Gasteiger partial charge is 0.573 e. The van der Waals surface area contributed by atoms with Crippen molar-refractivity contribution in [3.05, 3.63) is 48.5 Å². The maximum atomic E-state index is 12.4. The molecule has 37 heavy (non-hydrogen) atoms. The summed E-state index contributed by atoms with van der Waals surface area (Å²) in [5.41, 5.74) is 1.55. The van der Waals surface area contributed by atoms with Gasteiger partial charge in [-0.05, 0) is 75.9 Å². The molecular weight excluding hydrogens is 485 g/mol. The molecule has 1 saturated carbocycles. The number of benzene rings is 2. The fourth-order valence-corrected chi connectivity index (χ4v) is 5.08. The van der Waals surface area contributed by atoms with Crippen molar-refractivity contribution in [2.24, 2.45) is 0 Å². The first-order chi connectivity index (χ1) is 17.7. The van der Waals surface area contributed by atoms with Crippen LogP contribution in [-0.4, -0.2) is 61.7 Å². The maximum Gasteiger partial charge on any atom is 0.573 e. The quantitative estimate of drug-likeness (QED) is 0.496. The number of piperazine rings is 1. The maximum absolute atomic E-state index is 12.4. The zero-order valence-corrected chi connectivity index (χ0v) is 21.3. The van der Waals surface area contributed by atoms with Crippen LogP contribution in [0.25, 0.3) is 0 Å². The lowest BCUT2D eigenvalue weighted by molar-refractivity contribution is -0.274. The Balaban J connectivity index is 1.19. The van der Waals surface area contributed by atoms with Crippen LogP contribution in [0.1, 0.15) is 39.5 Å². The molecule has 2 aromatic carbocycles. The van der Waals surface area contributed by atoms with Gasteiger partial charge in [-0.1, -0.05) is 12.1 Å². The normalized spacial score (nSPS) is 21.0. The Kier molecular flexibility index (Phi) is 8.68. The number of nitrogens with zero attached hydrogens (tertiary/aromatic N) is 2. The third kappa shape index (κ3) is 7.92. The number of carbonyl (C=O) groups excluding carboxylic acids is 1. The fourth-order valence-electron chi connectivity index (χ4n) is 5.08. The van der Waals surface area contributed by atoms with E-state index in [0.29, 0.717) is 11.7 Å². The summed E-state index contributed by atoms with van der Waals surface area (Å²) in [4.78, 5) is 17.3. The molecule has 0 aromatic heterocycles. The smallest absolute Gasteiger partial charge is 0.489 e. The minimum absolute atomic E-state index is 0.0745. The van der Waals surface area contributed by atoms with Gasteiger partial charge in [0.1, 0.15) is 11.5 Å². The second kappa shape index (κ2) is 11.9. The molecule has 1 heterocycles. The standard InChI is InChI=1S/C27H35F3N4O3/c1-19(2)36-25-6-4-3-5-24(25)34-17-15-33(16-18-34)22-11-7-20(8-12-22)31-26(35)32-21-9-13-23(14-10-21)37-27(28,29)30/h3-6,9-10,13-14,19-20,22H,7-8,11-12,15-18H2,1-2H3,(H2,31,32,35)/t20-,22-. The molecular formula is C27H35F3N4O3. The molecule has 0 unspecified atom stereocenters. The fraction of sp³-hybridized carbons (Fsp3) is 0.519. The number of rotatable bonds is 7. The van der Waals surface area contributed by atoms with Gasteiger partial charge in [0.25, 0.3) is 0 Å². The Morgan fingerprint density at radius 2 is 1.59 bits per heavy atom. The van der Waals surface area contributed by atoms with E-state index in [4.69, 9.17) is 4.74 Å². The third-order valence-corrected chi connectivity index (χ3v) is 6.78. The number of hydrogen-bond donors (Lipinski definition) is 2. The van der Waals surface area contributed by atoms with Crippen molar-refractivity contribution in [2.75, 3.05) is 36.4 Å². The van der Waals surface area contributed by atoms with Crippen molar-refractivity contribution < 1.29 is 27.4 Å². The first-order valence-electron chi connectivity index (χ1n) is 12.8. The first-order valence-corrected chi connectivity index (χ1v) is 12.8. The third-order valence-electron chi connectivity index (χ3n) is 6.78. The van der Waals surface area contributed by atoms with Crippen molar-refractivity contribution in [3.8, 4) is 11.5 Å². The van der Waals surface area contributed by atoms with Crippen LogP contribution in [0.15, 0.2) is 48.5 Å². The van der Waals surface area contributed by atoms with E-state index >= 15 is 0 Å². The van der Waals surface area contributed by atoms with Crippen molar-refractivity contribution in [2.45, 2.75) is 64.1 Å². The molecule has 0 spiro atoms. The van der Waals surface area contributed by atoms with Crippen LogP contribution in [0.2, 0.25) is 0 Å². The molecule has 4 rings (SSSR count). The summed E-state index contributed by atoms with van der Waals surface area (Å²) in [6.45, 7) is 7.97. The Bertz CT molecular complexity index is 1020. The average molecular weight is 521 g/mol. The first kappa shape index (κ1) is 26.9. The van der Waals surface area contributed by atoms with Gasteiger partial charge in [0.2, 0.25) is 0 Å². The molecule has 0 radical (unpaired) electrons. The highest BCUT2D eigenvalue weighted by Crippen LogP contribution is 2.31. The molecule has 2 N–H and O–H groups in total. The van der Waals surface area contributed by atoms with Gasteiger partial charge in [-0.3, -0.25) is 4.90 Å². The number of nitrogens with one attached hydrogen (secondary N) is 2. The molecule has 1 saturated heterocycles. The van der Waals surface area contributed by atoms with Crippen LogP contribution < -0.4 is 25.0 Å². The predicted octanol–water partition coefficient (Wildman–Crippen LogP) is 5.63. The van der Waals surface area contributed by atoms with Crippen molar-refractivity contribution in [3.63, 3.8) is 0 Å². The molecule has 2 fully saturated rings. The molecule has 1 aliphatic heterocycles. The Hall–Kier alpha value is -3.14. The van der Waals surface area contributed by atoms with Crippen LogP contribution >= 0.6 is 0 Å². The van der Waals surface area contributed by atoms with Gasteiger partial charge in [-0.15, -0.1) is 13.2 Å². The summed E-state index contributed by atoms with van der Waals surface area (Å²) >= 11 is 0. The molecule has 0 atom stereocenters. The van der Waals surface area contributed by atoms with Gasteiger partial charge in [0, 0.05) is 44.0 Å². The second-order valence-corrected chi connectivity index (χ2v) is 9.83. The number of carbonyl (C=O) groups is 1. The van der Waals surface area contributed by atoms with E-state index in [1.807, 2.05) is 26.0 Å². The Labute approximate surface area is 215 Å². The zero-order chi connectivity index (χ0) is 26.4. The van der Waals surface area contributed by atoms with Gasteiger partial charge in [0.05, 0.1) is 11.8 Å². The minimum Gasteiger partial charge on any atom is -0.489 e. The second-order valence-electron chi connectivity index (χ2n) is 9.83. The SMILES string of the molecule is CC(C)Oc1ccccc1N1CCN([C@H]2CC[C@H](NC(=O)Nc3ccc(OC(F)(F)F)cc3)CC2)CC1. The lowest BCUT2D eigenvalue weighted by atomic mass is 9.90. The number of alkyl halides is 3. The van der Waals surface area contributed by atoms with E-state index in [9.17, 15) is 18.0 Å². The van der Waals surface area contributed by atoms with Gasteiger partial charge in [-0.2, -0.15) is 0 Å². The summed E-state index contributed by atoms with van der Waals surface area (Å²) in [6.07, 6.45) is -0.800. The number of anilines is 2. The highest BCUT2D eigenvalue weighted by molar-refractivity contribution is 5.89. The van der Waals surface area contributed by atoms with Gasteiger partial charge in [0.15, 0.2) is 0 Å². The molecule has 2 aliphatic rings. The minimum atomic E-state index is -4.74. The molecule has 0 bridgehead atoms. The summed E-state index contributed by atoms with van der Waals surface area (Å²) in [5.74, 6) is 0.604. The van der Waals surface area contributed by atoms with E-state index in [-0.39, 0.29) is 23.9 Å². The topological polar surface area (TPSA) is 66.1 Å². The average Bonchev–Trinajstić information content (AvgIpc) is 2.85. The van der Waals surface area contributed by atoms with Crippen LogP contribution in [0.3, 0.4) is 0 Å². The van der Waals surface area contributed by atoms with Gasteiger partial charge >= 0.3 is 12.4 Å². The van der Waals surface area contributed by atoms with E-state index in [1.54, 1.807) is 0 Å². The van der Waals surface area contributed by atoms with Gasteiger partial charge in [-0.25, -0.2) is 4.79 Å². The highest BCUT2D eigenvalue weighted by atomic mass is 19.4. The van der Waals surface area contributed by atoms with E-state index < -0.39 is 6.36 Å². The number of amides is 2. The van der Waals surface area contributed by atoms with Crippen molar-refractivity contribution >= 4 is 17.4 Å². The Morgan fingerprint density at radius 1 is 0.946 bits per heavy atom. The van der Waals surface area contributed by atoms with E-state index in [0.717, 1.165) is 63.3 Å². The van der Waals surface area contributed by atoms with Crippen LogP contribution in [0.5, 0.6) is 11.5 Å². The molecule has 1 aliphatic carbocycles. The number of para-hydroxylation sites is 2. The number of hydrogen-bond acceptors (Lipinski definition) is 5. The summed E-state index contributed by atoms with van der Waals surface area (Å²) < 4.78 is 46.7. The predicted molar refractivity (Wildman–Crippen MR) is 137 cm³/mol. The van der Waals surface area contributed by atoms with E-state index in [2.05, 4.69) is 37.3 Å². The van der Waals surface area contributed by atoms with Crippen molar-refractivity contribution in [1.29, 1.82) is 0 Å². The van der Waals surface area contributed by atoms with Crippen LogP contribution in [0.4, 0.5) is 29.3 Å². The van der Waals surface area contributed by atoms with Gasteiger partial charge < -0.3 is 25.0 Å². The lowest BCUT2D eigenvalue weighted by Gasteiger charge is -2.43. The molecule has 7 nitrogen and oxygen atoms in total.